The number of amides is 1. The molecule has 4 heterocycles. The van der Waals surface area contributed by atoms with Gasteiger partial charge in [-0.05, 0) is 50.6 Å². The number of nitrogens with zero attached hydrogens (tertiary/aromatic N) is 5. The van der Waals surface area contributed by atoms with Crippen molar-refractivity contribution in [2.45, 2.75) is 51.7 Å². The van der Waals surface area contributed by atoms with E-state index in [0.717, 1.165) is 23.4 Å². The topological polar surface area (TPSA) is 133 Å². The Labute approximate surface area is 221 Å². The van der Waals surface area contributed by atoms with E-state index >= 15 is 0 Å². The van der Waals surface area contributed by atoms with E-state index in [1.165, 1.54) is 4.90 Å². The lowest BCUT2D eigenvalue weighted by Gasteiger charge is -2.26. The van der Waals surface area contributed by atoms with Crippen LogP contribution in [0, 0.1) is 11.3 Å². The molecule has 2 aromatic heterocycles. The number of fused-ring (bicyclic) bond motifs is 2. The molecule has 0 radical (unpaired) electrons. The van der Waals surface area contributed by atoms with Crippen LogP contribution in [0.25, 0.3) is 11.3 Å². The molecule has 5 rings (SSSR count). The Morgan fingerprint density at radius 2 is 2.13 bits per heavy atom. The van der Waals surface area contributed by atoms with E-state index in [0.29, 0.717) is 47.2 Å². The Bertz CT molecular complexity index is 1440. The molecular formula is C28H30N6O4. The number of anilines is 3. The molecule has 2 N–H and O–H groups in total. The molecular weight excluding hydrogens is 484 g/mol. The van der Waals surface area contributed by atoms with Crippen LogP contribution in [0.2, 0.25) is 0 Å². The largest absolute Gasteiger partial charge is 0.443 e. The summed E-state index contributed by atoms with van der Waals surface area (Å²) < 4.78 is 11.1. The third-order valence-corrected chi connectivity index (χ3v) is 6.63. The Balaban J connectivity index is 1.50. The van der Waals surface area contributed by atoms with Gasteiger partial charge >= 0.3 is 6.09 Å². The molecule has 0 fully saturated rings. The molecule has 1 amide bonds. The molecule has 10 nitrogen and oxygen atoms in total. The quantitative estimate of drug-likeness (QED) is 0.524. The van der Waals surface area contributed by atoms with Gasteiger partial charge in [-0.1, -0.05) is 6.92 Å². The first kappa shape index (κ1) is 25.6. The number of carbonyl (C=O) groups is 1. The van der Waals surface area contributed by atoms with Crippen molar-refractivity contribution in [1.29, 1.82) is 5.26 Å². The number of hydrogen-bond donors (Lipinski definition) is 2. The molecule has 2 aliphatic rings. The maximum absolute atomic E-state index is 13.0. The van der Waals surface area contributed by atoms with Gasteiger partial charge in [-0.25, -0.2) is 14.8 Å². The zero-order chi connectivity index (χ0) is 27.1. The van der Waals surface area contributed by atoms with Crippen molar-refractivity contribution in [2.75, 3.05) is 30.0 Å². The first-order valence-corrected chi connectivity index (χ1v) is 12.5. The highest BCUT2D eigenvalue weighted by Gasteiger charge is 2.44. The minimum Gasteiger partial charge on any atom is -0.443 e. The van der Waals surface area contributed by atoms with Crippen LogP contribution in [-0.4, -0.2) is 51.5 Å². The zero-order valence-electron chi connectivity index (χ0n) is 21.9. The summed E-state index contributed by atoms with van der Waals surface area (Å²) in [6.45, 7) is 8.41. The van der Waals surface area contributed by atoms with Gasteiger partial charge in [0, 0.05) is 41.4 Å². The number of carbonyl (C=O) groups excluding carboxylic acids is 1. The molecule has 0 bridgehead atoms. The molecule has 0 saturated heterocycles. The van der Waals surface area contributed by atoms with Crippen LogP contribution < -0.4 is 10.2 Å². The van der Waals surface area contributed by atoms with Crippen molar-refractivity contribution < 1.29 is 19.4 Å². The van der Waals surface area contributed by atoms with E-state index in [9.17, 15) is 15.2 Å². The van der Waals surface area contributed by atoms with Gasteiger partial charge in [0.25, 0.3) is 0 Å². The van der Waals surface area contributed by atoms with Crippen LogP contribution in [0.4, 0.5) is 22.1 Å². The maximum Gasteiger partial charge on any atom is 0.414 e. The van der Waals surface area contributed by atoms with Gasteiger partial charge in [0.05, 0.1) is 48.6 Å². The first-order chi connectivity index (χ1) is 18.1. The van der Waals surface area contributed by atoms with Crippen molar-refractivity contribution in [3.8, 4) is 17.3 Å². The highest BCUT2D eigenvalue weighted by Crippen LogP contribution is 2.45. The monoisotopic (exact) mass is 514 g/mol. The lowest BCUT2D eigenvalue weighted by atomic mass is 9.83. The summed E-state index contributed by atoms with van der Waals surface area (Å²) in [6.07, 6.45) is 3.62. The molecule has 38 heavy (non-hydrogen) atoms. The molecule has 0 aliphatic carbocycles. The van der Waals surface area contributed by atoms with Crippen molar-refractivity contribution >= 4 is 23.4 Å². The van der Waals surface area contributed by atoms with E-state index in [1.807, 2.05) is 19.1 Å². The minimum absolute atomic E-state index is 0.192. The van der Waals surface area contributed by atoms with Crippen molar-refractivity contribution in [3.63, 3.8) is 0 Å². The molecule has 1 aromatic carbocycles. The molecule has 10 heteroatoms. The van der Waals surface area contributed by atoms with Crippen LogP contribution >= 0.6 is 0 Å². The van der Waals surface area contributed by atoms with Crippen LogP contribution in [0.15, 0.2) is 36.7 Å². The van der Waals surface area contributed by atoms with Crippen LogP contribution in [0.3, 0.4) is 0 Å². The van der Waals surface area contributed by atoms with E-state index in [4.69, 9.17) is 9.47 Å². The second-order valence-electron chi connectivity index (χ2n) is 10.8. The third kappa shape index (κ3) is 4.90. The Morgan fingerprint density at radius 3 is 2.87 bits per heavy atom. The van der Waals surface area contributed by atoms with E-state index in [2.05, 4.69) is 26.3 Å². The highest BCUT2D eigenvalue weighted by atomic mass is 16.6. The number of ether oxygens (including phenoxy) is 2. The van der Waals surface area contributed by atoms with Gasteiger partial charge < -0.3 is 19.9 Å². The van der Waals surface area contributed by atoms with Crippen LogP contribution in [0.1, 0.15) is 50.1 Å². The summed E-state index contributed by atoms with van der Waals surface area (Å²) >= 11 is 0. The summed E-state index contributed by atoms with van der Waals surface area (Å²) in [6, 6.07) is 9.53. The molecule has 196 valence electrons. The Morgan fingerprint density at radius 1 is 1.32 bits per heavy atom. The summed E-state index contributed by atoms with van der Waals surface area (Å²) in [5.74, 6) is 0.375. The van der Waals surface area contributed by atoms with Crippen molar-refractivity contribution in [2.24, 2.45) is 0 Å². The van der Waals surface area contributed by atoms with Gasteiger partial charge in [0.2, 0.25) is 5.95 Å². The van der Waals surface area contributed by atoms with Crippen molar-refractivity contribution in [3.05, 3.63) is 59.0 Å². The van der Waals surface area contributed by atoms with Crippen LogP contribution in [-0.2, 0) is 27.9 Å². The fourth-order valence-corrected chi connectivity index (χ4v) is 4.76. The van der Waals surface area contributed by atoms with Gasteiger partial charge in [-0.2, -0.15) is 5.26 Å². The number of hydrogen-bond acceptors (Lipinski definition) is 9. The van der Waals surface area contributed by atoms with Crippen molar-refractivity contribution in [1.82, 2.24) is 15.0 Å². The lowest BCUT2D eigenvalue weighted by molar-refractivity contribution is 0.0575. The number of rotatable bonds is 4. The second kappa shape index (κ2) is 9.67. The number of aromatic nitrogens is 3. The normalized spacial score (nSPS) is 18.4. The predicted molar refractivity (Wildman–Crippen MR) is 141 cm³/mol. The average molecular weight is 515 g/mol. The standard InChI is InChI=1S/C28H30N6O4/c1-27(2,3)38-26(36)34-15-28(4,16-35)21-11-17(9-18(12-29)24(21)34)23-5-7-30-25(33-23)32-20-10-19-14-37-8-6-22(19)31-13-20/h5,7,9-11,13,35H,6,8,14-16H2,1-4H3,(H,30,32,33). The molecule has 0 saturated carbocycles. The van der Waals surface area contributed by atoms with E-state index in [1.54, 1.807) is 45.3 Å². The minimum atomic E-state index is -0.779. The molecule has 0 spiro atoms. The number of nitriles is 1. The Kier molecular flexibility index (Phi) is 6.51. The smallest absolute Gasteiger partial charge is 0.414 e. The first-order valence-electron chi connectivity index (χ1n) is 12.5. The van der Waals surface area contributed by atoms with Gasteiger partial charge in [-0.3, -0.25) is 9.88 Å². The average Bonchev–Trinajstić information content (AvgIpc) is 3.21. The molecule has 1 atom stereocenters. The summed E-state index contributed by atoms with van der Waals surface area (Å²) in [4.78, 5) is 28.0. The summed E-state index contributed by atoms with van der Waals surface area (Å²) in [7, 11) is 0. The number of aliphatic hydroxyl groups is 1. The fourth-order valence-electron chi connectivity index (χ4n) is 4.76. The fraction of sp³-hybridized carbons (Fsp3) is 0.393. The second-order valence-corrected chi connectivity index (χ2v) is 10.8. The van der Waals surface area contributed by atoms with E-state index in [-0.39, 0.29) is 13.2 Å². The maximum atomic E-state index is 13.0. The van der Waals surface area contributed by atoms with Gasteiger partial charge in [0.15, 0.2) is 0 Å². The summed E-state index contributed by atoms with van der Waals surface area (Å²) in [5.41, 5.74) is 4.04. The molecule has 2 aliphatic heterocycles. The Hall–Kier alpha value is -4.07. The number of benzene rings is 1. The number of nitrogens with one attached hydrogen (secondary N) is 1. The van der Waals surface area contributed by atoms with E-state index < -0.39 is 17.1 Å². The number of aliphatic hydroxyl groups excluding tert-OH is 1. The summed E-state index contributed by atoms with van der Waals surface area (Å²) in [5, 5.41) is 23.6. The molecule has 1 unspecified atom stereocenters. The lowest BCUT2D eigenvalue weighted by Crippen LogP contribution is -2.40. The number of pyridine rings is 1. The predicted octanol–water partition coefficient (Wildman–Crippen LogP) is 4.23. The molecule has 3 aromatic rings. The SMILES string of the molecule is CC(C)(C)OC(=O)N1CC(C)(CO)c2cc(-c3ccnc(Nc4cnc5c(c4)COCC5)n3)cc(C#N)c21. The highest BCUT2D eigenvalue weighted by molar-refractivity contribution is 5.95. The van der Waals surface area contributed by atoms with Gasteiger partial charge in [-0.15, -0.1) is 0 Å². The zero-order valence-corrected chi connectivity index (χ0v) is 21.9. The third-order valence-electron chi connectivity index (χ3n) is 6.63. The van der Waals surface area contributed by atoms with Crippen LogP contribution in [0.5, 0.6) is 0 Å². The van der Waals surface area contributed by atoms with Gasteiger partial charge in [0.1, 0.15) is 11.7 Å².